The Hall–Kier alpha value is -0.120. The van der Waals surface area contributed by atoms with Crippen molar-refractivity contribution in [3.8, 4) is 0 Å². The number of nitrogens with two attached hydrogens (primary N) is 1. The van der Waals surface area contributed by atoms with Gasteiger partial charge >= 0.3 is 0 Å². The SMILES string of the molecule is CC1CC(C(NN)C2CCCC2)CO1. The molecule has 2 aliphatic rings. The predicted molar refractivity (Wildman–Crippen MR) is 56.6 cm³/mol. The van der Waals surface area contributed by atoms with Crippen molar-refractivity contribution < 1.29 is 4.74 Å². The molecule has 0 spiro atoms. The van der Waals surface area contributed by atoms with Crippen LogP contribution in [0.4, 0.5) is 0 Å². The van der Waals surface area contributed by atoms with Gasteiger partial charge in [0.15, 0.2) is 0 Å². The summed E-state index contributed by atoms with van der Waals surface area (Å²) in [4.78, 5) is 0. The molecule has 1 aliphatic heterocycles. The average Bonchev–Trinajstić information content (AvgIpc) is 2.79. The third kappa shape index (κ3) is 2.10. The summed E-state index contributed by atoms with van der Waals surface area (Å²) in [6.45, 7) is 3.05. The lowest BCUT2D eigenvalue weighted by Gasteiger charge is -2.27. The third-order valence-corrected chi connectivity index (χ3v) is 3.84. The van der Waals surface area contributed by atoms with Crippen LogP contribution in [0.5, 0.6) is 0 Å². The van der Waals surface area contributed by atoms with Gasteiger partial charge in [-0.05, 0) is 32.1 Å². The van der Waals surface area contributed by atoms with E-state index in [-0.39, 0.29) is 0 Å². The second kappa shape index (κ2) is 4.60. The van der Waals surface area contributed by atoms with E-state index in [1.807, 2.05) is 0 Å². The van der Waals surface area contributed by atoms with Crippen LogP contribution in [0.2, 0.25) is 0 Å². The van der Waals surface area contributed by atoms with Crippen LogP contribution in [-0.2, 0) is 4.74 Å². The van der Waals surface area contributed by atoms with Crippen LogP contribution in [0.3, 0.4) is 0 Å². The van der Waals surface area contributed by atoms with Gasteiger partial charge in [0.2, 0.25) is 0 Å². The molecule has 0 radical (unpaired) electrons. The molecule has 0 aromatic rings. The van der Waals surface area contributed by atoms with Gasteiger partial charge in [0.05, 0.1) is 12.7 Å². The van der Waals surface area contributed by atoms with Gasteiger partial charge in [-0.2, -0.15) is 0 Å². The molecule has 0 aromatic heterocycles. The monoisotopic (exact) mass is 198 g/mol. The van der Waals surface area contributed by atoms with Crippen LogP contribution >= 0.6 is 0 Å². The number of hydrazine groups is 1. The minimum atomic E-state index is 0.428. The Kier molecular flexibility index (Phi) is 3.42. The molecule has 3 heteroatoms. The molecule has 1 heterocycles. The van der Waals surface area contributed by atoms with Gasteiger partial charge in [-0.3, -0.25) is 11.3 Å². The lowest BCUT2D eigenvalue weighted by atomic mass is 9.86. The zero-order chi connectivity index (χ0) is 9.97. The van der Waals surface area contributed by atoms with Crippen molar-refractivity contribution in [3.05, 3.63) is 0 Å². The van der Waals surface area contributed by atoms with Crippen molar-refractivity contribution >= 4 is 0 Å². The summed E-state index contributed by atoms with van der Waals surface area (Å²) in [5.41, 5.74) is 3.03. The minimum absolute atomic E-state index is 0.428. The van der Waals surface area contributed by atoms with Crippen LogP contribution in [0.25, 0.3) is 0 Å². The number of nitrogens with one attached hydrogen (secondary N) is 1. The Balaban J connectivity index is 1.91. The Bertz CT molecular complexity index is 180. The normalized spacial score (nSPS) is 36.4. The van der Waals surface area contributed by atoms with E-state index < -0.39 is 0 Å². The van der Waals surface area contributed by atoms with Crippen molar-refractivity contribution in [2.24, 2.45) is 17.7 Å². The van der Waals surface area contributed by atoms with Gasteiger partial charge in [-0.1, -0.05) is 12.8 Å². The fraction of sp³-hybridized carbons (Fsp3) is 1.00. The molecule has 14 heavy (non-hydrogen) atoms. The molecule has 2 fully saturated rings. The van der Waals surface area contributed by atoms with E-state index in [4.69, 9.17) is 10.6 Å². The van der Waals surface area contributed by atoms with Crippen LogP contribution in [0.15, 0.2) is 0 Å². The van der Waals surface area contributed by atoms with Crippen molar-refractivity contribution in [3.63, 3.8) is 0 Å². The fourth-order valence-electron chi connectivity index (χ4n) is 3.07. The molecule has 3 N–H and O–H groups in total. The molecule has 3 atom stereocenters. The van der Waals surface area contributed by atoms with Crippen LogP contribution < -0.4 is 11.3 Å². The fourth-order valence-corrected chi connectivity index (χ4v) is 3.07. The van der Waals surface area contributed by atoms with Crippen LogP contribution in [0, 0.1) is 11.8 Å². The predicted octanol–water partition coefficient (Wildman–Crippen LogP) is 1.43. The second-order valence-corrected chi connectivity index (χ2v) is 4.88. The first-order valence-corrected chi connectivity index (χ1v) is 5.89. The molecule has 82 valence electrons. The summed E-state index contributed by atoms with van der Waals surface area (Å²) in [5, 5.41) is 0. The van der Waals surface area contributed by atoms with Crippen molar-refractivity contribution in [2.45, 2.75) is 51.2 Å². The van der Waals surface area contributed by atoms with Gasteiger partial charge in [-0.25, -0.2) is 0 Å². The molecule has 0 amide bonds. The Morgan fingerprint density at radius 1 is 1.29 bits per heavy atom. The highest BCUT2D eigenvalue weighted by atomic mass is 16.5. The number of hydrogen-bond acceptors (Lipinski definition) is 3. The Morgan fingerprint density at radius 2 is 2.00 bits per heavy atom. The number of hydrogen-bond donors (Lipinski definition) is 2. The van der Waals surface area contributed by atoms with Gasteiger partial charge in [-0.15, -0.1) is 0 Å². The van der Waals surface area contributed by atoms with E-state index in [1.54, 1.807) is 0 Å². The van der Waals surface area contributed by atoms with E-state index in [1.165, 1.54) is 32.1 Å². The van der Waals surface area contributed by atoms with Gasteiger partial charge < -0.3 is 4.74 Å². The molecule has 3 nitrogen and oxygen atoms in total. The largest absolute Gasteiger partial charge is 0.378 e. The topological polar surface area (TPSA) is 47.3 Å². The smallest absolute Gasteiger partial charge is 0.0551 e. The summed E-state index contributed by atoms with van der Waals surface area (Å²) >= 11 is 0. The molecular formula is C11H22N2O. The van der Waals surface area contributed by atoms with Crippen molar-refractivity contribution in [2.75, 3.05) is 6.61 Å². The van der Waals surface area contributed by atoms with E-state index >= 15 is 0 Å². The van der Waals surface area contributed by atoms with E-state index in [0.717, 1.165) is 12.5 Å². The highest BCUT2D eigenvalue weighted by Crippen LogP contribution is 2.34. The molecule has 0 aromatic carbocycles. The maximum Gasteiger partial charge on any atom is 0.0551 e. The van der Waals surface area contributed by atoms with Crippen LogP contribution in [-0.4, -0.2) is 18.8 Å². The highest BCUT2D eigenvalue weighted by molar-refractivity contribution is 4.87. The standard InChI is InChI=1S/C11H22N2O/c1-8-6-10(7-14-8)11(13-12)9-4-2-3-5-9/h8-11,13H,2-7,12H2,1H3. The zero-order valence-electron chi connectivity index (χ0n) is 9.04. The summed E-state index contributed by atoms with van der Waals surface area (Å²) in [6, 6.07) is 0.488. The first-order valence-electron chi connectivity index (χ1n) is 5.89. The molecular weight excluding hydrogens is 176 g/mol. The maximum absolute atomic E-state index is 5.67. The lowest BCUT2D eigenvalue weighted by molar-refractivity contribution is 0.113. The van der Waals surface area contributed by atoms with Gasteiger partial charge in [0.1, 0.15) is 0 Å². The summed E-state index contributed by atoms with van der Waals surface area (Å²) in [5.74, 6) is 7.10. The van der Waals surface area contributed by atoms with Gasteiger partial charge in [0, 0.05) is 12.0 Å². The van der Waals surface area contributed by atoms with E-state index in [2.05, 4.69) is 12.3 Å². The third-order valence-electron chi connectivity index (χ3n) is 3.84. The Morgan fingerprint density at radius 3 is 2.50 bits per heavy atom. The lowest BCUT2D eigenvalue weighted by Crippen LogP contribution is -2.45. The second-order valence-electron chi connectivity index (χ2n) is 4.88. The molecule has 1 aliphatic carbocycles. The molecule has 1 saturated heterocycles. The summed E-state index contributed by atoms with van der Waals surface area (Å²) in [7, 11) is 0. The van der Waals surface area contributed by atoms with Crippen molar-refractivity contribution in [1.82, 2.24) is 5.43 Å². The first-order chi connectivity index (χ1) is 6.81. The van der Waals surface area contributed by atoms with Crippen LogP contribution in [0.1, 0.15) is 39.0 Å². The van der Waals surface area contributed by atoms with Gasteiger partial charge in [0.25, 0.3) is 0 Å². The molecule has 1 saturated carbocycles. The molecule has 0 bridgehead atoms. The summed E-state index contributed by atoms with van der Waals surface area (Å²) < 4.78 is 5.61. The Labute approximate surface area is 86.4 Å². The quantitative estimate of drug-likeness (QED) is 0.533. The average molecular weight is 198 g/mol. The maximum atomic E-state index is 5.67. The number of ether oxygens (including phenoxy) is 1. The molecule has 3 unspecified atom stereocenters. The molecule has 2 rings (SSSR count). The van der Waals surface area contributed by atoms with Crippen molar-refractivity contribution in [1.29, 1.82) is 0 Å². The minimum Gasteiger partial charge on any atom is -0.378 e. The highest BCUT2D eigenvalue weighted by Gasteiger charge is 2.34. The number of rotatable bonds is 3. The zero-order valence-corrected chi connectivity index (χ0v) is 9.04. The van der Waals surface area contributed by atoms with E-state index in [0.29, 0.717) is 18.1 Å². The van der Waals surface area contributed by atoms with E-state index in [9.17, 15) is 0 Å². The first kappa shape index (κ1) is 10.4. The summed E-state index contributed by atoms with van der Waals surface area (Å²) in [6.07, 6.45) is 7.06.